The molecular weight excluding hydrogens is 474 g/mol. The number of nitro benzene ring substituents is 1. The Hall–Kier alpha value is -3.65. The van der Waals surface area contributed by atoms with Gasteiger partial charge in [-0.25, -0.2) is 0 Å². The number of hydrogen-bond acceptors (Lipinski definition) is 5. The molecule has 1 atom stereocenters. The lowest BCUT2D eigenvalue weighted by Crippen LogP contribution is -2.24. The van der Waals surface area contributed by atoms with Crippen molar-refractivity contribution < 1.29 is 14.5 Å². The van der Waals surface area contributed by atoms with Crippen molar-refractivity contribution in [1.29, 1.82) is 0 Å². The molecule has 0 aliphatic heterocycles. The number of carbonyl (C=O) groups is 2. The minimum Gasteiger partial charge on any atom is -0.326 e. The minimum atomic E-state index is -0.538. The fraction of sp³-hybridized carbons (Fsp3) is 0.286. The monoisotopic (exact) mass is 503 g/mol. The van der Waals surface area contributed by atoms with Crippen LogP contribution in [0.3, 0.4) is 0 Å². The van der Waals surface area contributed by atoms with Gasteiger partial charge in [-0.05, 0) is 61.2 Å². The van der Waals surface area contributed by atoms with Crippen molar-refractivity contribution in [3.8, 4) is 0 Å². The number of amides is 2. The first-order chi connectivity index (χ1) is 17.4. The first-order valence-electron chi connectivity index (χ1n) is 12.1. The second-order valence-electron chi connectivity index (χ2n) is 9.00. The lowest BCUT2D eigenvalue weighted by atomic mass is 9.88. The van der Waals surface area contributed by atoms with E-state index in [0.29, 0.717) is 11.3 Å². The summed E-state index contributed by atoms with van der Waals surface area (Å²) in [6.45, 7) is 1.73. The molecule has 1 saturated carbocycles. The molecule has 1 unspecified atom stereocenters. The molecule has 0 bridgehead atoms. The number of thioether (sulfide) groups is 1. The summed E-state index contributed by atoms with van der Waals surface area (Å²) in [6, 6.07) is 21.4. The van der Waals surface area contributed by atoms with Crippen LogP contribution in [0.2, 0.25) is 0 Å². The number of carbonyl (C=O) groups excluding carboxylic acids is 2. The number of nitro groups is 1. The van der Waals surface area contributed by atoms with Gasteiger partial charge in [-0.15, -0.1) is 11.8 Å². The highest BCUT2D eigenvalue weighted by molar-refractivity contribution is 8.00. The largest absolute Gasteiger partial charge is 0.326 e. The number of rotatable bonds is 8. The van der Waals surface area contributed by atoms with Gasteiger partial charge in [0.05, 0.1) is 4.92 Å². The molecule has 7 nitrogen and oxygen atoms in total. The topological polar surface area (TPSA) is 101 Å². The van der Waals surface area contributed by atoms with E-state index in [2.05, 4.69) is 10.6 Å². The molecule has 0 radical (unpaired) electrons. The number of non-ortho nitro benzene ring substituents is 1. The van der Waals surface area contributed by atoms with Gasteiger partial charge < -0.3 is 10.6 Å². The number of anilines is 2. The van der Waals surface area contributed by atoms with Gasteiger partial charge >= 0.3 is 0 Å². The highest BCUT2D eigenvalue weighted by Gasteiger charge is 2.24. The maximum atomic E-state index is 13.4. The summed E-state index contributed by atoms with van der Waals surface area (Å²) in [5.74, 6) is -0.0604. The number of nitrogens with zero attached hydrogens (tertiary/aromatic N) is 1. The van der Waals surface area contributed by atoms with Crippen molar-refractivity contribution in [2.75, 3.05) is 10.6 Å². The minimum absolute atomic E-state index is 0.0184. The molecule has 3 aromatic carbocycles. The lowest BCUT2D eigenvalue weighted by Gasteiger charge is -2.21. The molecule has 0 aromatic heterocycles. The number of aryl methyl sites for hydroxylation is 1. The molecule has 186 valence electrons. The highest BCUT2D eigenvalue weighted by atomic mass is 32.2. The standard InChI is InChI=1S/C28H29N3O4S/c1-19-18-23(31(34)35)14-17-25(19)30-28(33)26(20-8-4-2-5-9-20)36-24-15-12-22(13-16-24)29-27(32)21-10-6-3-7-11-21/h2,4-5,8-9,12-18,21,26H,3,6-7,10-11H2,1H3,(H,29,32)(H,30,33). The number of hydrogen-bond donors (Lipinski definition) is 2. The summed E-state index contributed by atoms with van der Waals surface area (Å²) in [6.07, 6.45) is 5.31. The van der Waals surface area contributed by atoms with Gasteiger partial charge in [-0.1, -0.05) is 49.6 Å². The van der Waals surface area contributed by atoms with E-state index in [9.17, 15) is 19.7 Å². The van der Waals surface area contributed by atoms with Crippen LogP contribution >= 0.6 is 11.8 Å². The van der Waals surface area contributed by atoms with Crippen molar-refractivity contribution >= 4 is 40.6 Å². The van der Waals surface area contributed by atoms with E-state index < -0.39 is 10.2 Å². The third-order valence-electron chi connectivity index (χ3n) is 6.37. The van der Waals surface area contributed by atoms with Crippen molar-refractivity contribution in [2.24, 2.45) is 5.92 Å². The van der Waals surface area contributed by atoms with Crippen LogP contribution in [0.1, 0.15) is 48.5 Å². The van der Waals surface area contributed by atoms with Crippen LogP contribution in [0.4, 0.5) is 17.1 Å². The molecule has 1 aliphatic rings. The Kier molecular flexibility index (Phi) is 8.38. The summed E-state index contributed by atoms with van der Waals surface area (Å²) in [5, 5.41) is 16.5. The van der Waals surface area contributed by atoms with Crippen LogP contribution in [-0.4, -0.2) is 16.7 Å². The Labute approximate surface area is 214 Å². The molecule has 2 amide bonds. The van der Waals surface area contributed by atoms with Gasteiger partial charge in [0.15, 0.2) is 0 Å². The molecule has 0 spiro atoms. The molecule has 4 rings (SSSR count). The first kappa shape index (κ1) is 25.4. The maximum absolute atomic E-state index is 13.4. The van der Waals surface area contributed by atoms with Gasteiger partial charge in [-0.3, -0.25) is 19.7 Å². The smallest absolute Gasteiger partial charge is 0.269 e. The third kappa shape index (κ3) is 6.51. The summed E-state index contributed by atoms with van der Waals surface area (Å²) >= 11 is 1.41. The van der Waals surface area contributed by atoms with Crippen LogP contribution in [-0.2, 0) is 9.59 Å². The molecule has 3 aromatic rings. The van der Waals surface area contributed by atoms with Crippen molar-refractivity contribution in [3.63, 3.8) is 0 Å². The van der Waals surface area contributed by atoms with Gasteiger partial charge in [0.2, 0.25) is 11.8 Å². The maximum Gasteiger partial charge on any atom is 0.269 e. The summed E-state index contributed by atoms with van der Waals surface area (Å²) in [4.78, 5) is 37.4. The Morgan fingerprint density at radius 3 is 2.28 bits per heavy atom. The van der Waals surface area contributed by atoms with Gasteiger partial charge in [0.25, 0.3) is 5.69 Å². The number of nitrogens with one attached hydrogen (secondary N) is 2. The number of benzene rings is 3. The van der Waals surface area contributed by atoms with Gasteiger partial charge in [0.1, 0.15) is 5.25 Å². The average Bonchev–Trinajstić information content (AvgIpc) is 2.90. The molecule has 36 heavy (non-hydrogen) atoms. The van der Waals surface area contributed by atoms with E-state index in [1.54, 1.807) is 13.0 Å². The Morgan fingerprint density at radius 1 is 0.944 bits per heavy atom. The summed E-state index contributed by atoms with van der Waals surface area (Å²) in [7, 11) is 0. The summed E-state index contributed by atoms with van der Waals surface area (Å²) < 4.78 is 0. The highest BCUT2D eigenvalue weighted by Crippen LogP contribution is 2.37. The van der Waals surface area contributed by atoms with Gasteiger partial charge in [0, 0.05) is 34.3 Å². The zero-order valence-electron chi connectivity index (χ0n) is 20.1. The normalized spacial score (nSPS) is 14.6. The molecular formula is C28H29N3O4S. The van der Waals surface area contributed by atoms with Crippen LogP contribution in [0, 0.1) is 23.0 Å². The van der Waals surface area contributed by atoms with Crippen LogP contribution < -0.4 is 10.6 Å². The lowest BCUT2D eigenvalue weighted by molar-refractivity contribution is -0.384. The van der Waals surface area contributed by atoms with Crippen LogP contribution in [0.25, 0.3) is 0 Å². The van der Waals surface area contributed by atoms with E-state index in [4.69, 9.17) is 0 Å². The Morgan fingerprint density at radius 2 is 1.64 bits per heavy atom. The molecule has 1 fully saturated rings. The van der Waals surface area contributed by atoms with E-state index in [0.717, 1.165) is 41.8 Å². The van der Waals surface area contributed by atoms with Crippen molar-refractivity contribution in [1.82, 2.24) is 0 Å². The molecule has 1 aliphatic carbocycles. The van der Waals surface area contributed by atoms with Gasteiger partial charge in [-0.2, -0.15) is 0 Å². The SMILES string of the molecule is Cc1cc([N+](=O)[O-])ccc1NC(=O)C(Sc1ccc(NC(=O)C2CCCCC2)cc1)c1ccccc1. The Bertz CT molecular complexity index is 1230. The molecule has 2 N–H and O–H groups in total. The van der Waals surface area contributed by atoms with E-state index in [-0.39, 0.29) is 23.4 Å². The zero-order valence-corrected chi connectivity index (χ0v) is 20.9. The van der Waals surface area contributed by atoms with Crippen molar-refractivity contribution in [2.45, 2.75) is 49.2 Å². The van der Waals surface area contributed by atoms with Crippen LogP contribution in [0.5, 0.6) is 0 Å². The molecule has 0 heterocycles. The fourth-order valence-electron chi connectivity index (χ4n) is 4.36. The Balaban J connectivity index is 1.47. The van der Waals surface area contributed by atoms with Crippen LogP contribution in [0.15, 0.2) is 77.7 Å². The van der Waals surface area contributed by atoms with E-state index in [1.807, 2.05) is 54.6 Å². The second-order valence-corrected chi connectivity index (χ2v) is 10.2. The first-order valence-corrected chi connectivity index (χ1v) is 13.0. The average molecular weight is 504 g/mol. The third-order valence-corrected chi connectivity index (χ3v) is 7.64. The predicted octanol–water partition coefficient (Wildman–Crippen LogP) is 6.89. The van der Waals surface area contributed by atoms with E-state index >= 15 is 0 Å². The quantitative estimate of drug-likeness (QED) is 0.198. The second kappa shape index (κ2) is 11.9. The van der Waals surface area contributed by atoms with E-state index in [1.165, 1.54) is 30.3 Å². The van der Waals surface area contributed by atoms with Crippen molar-refractivity contribution in [3.05, 3.63) is 94.0 Å². The molecule has 8 heteroatoms. The fourth-order valence-corrected chi connectivity index (χ4v) is 5.39. The summed E-state index contributed by atoms with van der Waals surface area (Å²) in [5.41, 5.74) is 2.72. The zero-order chi connectivity index (χ0) is 25.5. The predicted molar refractivity (Wildman–Crippen MR) is 143 cm³/mol. The molecule has 0 saturated heterocycles.